The van der Waals surface area contributed by atoms with E-state index in [1.54, 1.807) is 0 Å². The van der Waals surface area contributed by atoms with Gasteiger partial charge in [-0.3, -0.25) is 4.79 Å². The summed E-state index contributed by atoms with van der Waals surface area (Å²) in [6, 6.07) is 0. The van der Waals surface area contributed by atoms with Crippen LogP contribution in [-0.2, 0) is 4.79 Å². The third-order valence-corrected chi connectivity index (χ3v) is 3.29. The van der Waals surface area contributed by atoms with Crippen molar-refractivity contribution >= 4 is 5.97 Å². The number of hydrogen-bond acceptors (Lipinski definition) is 2. The van der Waals surface area contributed by atoms with Gasteiger partial charge in [-0.25, -0.2) is 0 Å². The van der Waals surface area contributed by atoms with Crippen LogP contribution in [0.25, 0.3) is 0 Å². The van der Waals surface area contributed by atoms with Crippen molar-refractivity contribution in [1.29, 1.82) is 0 Å². The second-order valence-corrected chi connectivity index (χ2v) is 4.26. The van der Waals surface area contributed by atoms with Crippen LogP contribution in [-0.4, -0.2) is 22.8 Å². The highest BCUT2D eigenvalue weighted by Gasteiger charge is 2.50. The summed E-state index contributed by atoms with van der Waals surface area (Å²) in [5.74, 6) is -3.28. The maximum Gasteiger partial charge on any atom is 0.391 e. The topological polar surface area (TPSA) is 63.3 Å². The van der Waals surface area contributed by atoms with E-state index in [-0.39, 0.29) is 19.3 Å². The third kappa shape index (κ3) is 2.25. The van der Waals surface area contributed by atoms with Gasteiger partial charge in [0.1, 0.15) is 5.54 Å². The van der Waals surface area contributed by atoms with E-state index in [1.807, 2.05) is 0 Å². The first-order chi connectivity index (χ1) is 6.68. The Bertz CT molecular complexity index is 267. The standard InChI is InChI=1S/C9H14F3NO2/c1-5-4-6(9(10,11)12)2-3-8(5,13)7(14)15/h5-6H,2-4,13H2,1H3,(H,14,15)/t5-,6?,8-/m0/s1. The molecule has 1 aliphatic carbocycles. The predicted molar refractivity (Wildman–Crippen MR) is 47.1 cm³/mol. The molecule has 0 aliphatic heterocycles. The molecule has 0 bridgehead atoms. The number of carboxylic acid groups (broad SMARTS) is 1. The molecule has 0 spiro atoms. The van der Waals surface area contributed by atoms with Crippen molar-refractivity contribution in [3.8, 4) is 0 Å². The predicted octanol–water partition coefficient (Wildman–Crippen LogP) is 1.77. The zero-order chi connectivity index (χ0) is 11.9. The molecule has 3 atom stereocenters. The van der Waals surface area contributed by atoms with Crippen LogP contribution in [0.15, 0.2) is 0 Å². The Labute approximate surface area is 85.4 Å². The van der Waals surface area contributed by atoms with Crippen LogP contribution in [0.2, 0.25) is 0 Å². The molecule has 15 heavy (non-hydrogen) atoms. The quantitative estimate of drug-likeness (QED) is 0.714. The maximum absolute atomic E-state index is 12.4. The zero-order valence-corrected chi connectivity index (χ0v) is 8.34. The van der Waals surface area contributed by atoms with Crippen molar-refractivity contribution < 1.29 is 23.1 Å². The van der Waals surface area contributed by atoms with Gasteiger partial charge in [-0.1, -0.05) is 6.92 Å². The van der Waals surface area contributed by atoms with Crippen LogP contribution in [0.4, 0.5) is 13.2 Å². The summed E-state index contributed by atoms with van der Waals surface area (Å²) >= 11 is 0. The monoisotopic (exact) mass is 225 g/mol. The lowest BCUT2D eigenvalue weighted by Crippen LogP contribution is -2.57. The van der Waals surface area contributed by atoms with Crippen molar-refractivity contribution in [2.24, 2.45) is 17.6 Å². The van der Waals surface area contributed by atoms with Gasteiger partial charge in [0.2, 0.25) is 0 Å². The minimum absolute atomic E-state index is 0.117. The molecule has 1 saturated carbocycles. The average molecular weight is 225 g/mol. The first kappa shape index (κ1) is 12.3. The molecule has 3 N–H and O–H groups in total. The molecular weight excluding hydrogens is 211 g/mol. The van der Waals surface area contributed by atoms with E-state index in [0.29, 0.717) is 0 Å². The summed E-state index contributed by atoms with van der Waals surface area (Å²) in [5.41, 5.74) is 4.09. The van der Waals surface area contributed by atoms with Gasteiger partial charge in [-0.05, 0) is 25.2 Å². The van der Waals surface area contributed by atoms with Crippen LogP contribution in [0.1, 0.15) is 26.2 Å². The maximum atomic E-state index is 12.4. The van der Waals surface area contributed by atoms with E-state index < -0.39 is 29.5 Å². The van der Waals surface area contributed by atoms with E-state index >= 15 is 0 Å². The van der Waals surface area contributed by atoms with Gasteiger partial charge < -0.3 is 10.8 Å². The Kier molecular flexibility index (Phi) is 3.00. The first-order valence-corrected chi connectivity index (χ1v) is 4.77. The Balaban J connectivity index is 2.75. The number of alkyl halides is 3. The fourth-order valence-electron chi connectivity index (χ4n) is 2.03. The lowest BCUT2D eigenvalue weighted by atomic mass is 9.70. The Hall–Kier alpha value is -0.780. The largest absolute Gasteiger partial charge is 0.480 e. The van der Waals surface area contributed by atoms with Crippen LogP contribution in [0.3, 0.4) is 0 Å². The van der Waals surface area contributed by atoms with Crippen LogP contribution in [0.5, 0.6) is 0 Å². The molecular formula is C9H14F3NO2. The molecule has 1 fully saturated rings. The highest BCUT2D eigenvalue weighted by Crippen LogP contribution is 2.43. The van der Waals surface area contributed by atoms with Crippen LogP contribution < -0.4 is 5.73 Å². The number of hydrogen-bond donors (Lipinski definition) is 2. The van der Waals surface area contributed by atoms with Crippen molar-refractivity contribution in [2.45, 2.75) is 37.9 Å². The number of rotatable bonds is 1. The zero-order valence-electron chi connectivity index (χ0n) is 8.34. The van der Waals surface area contributed by atoms with Gasteiger partial charge in [0.15, 0.2) is 0 Å². The second-order valence-electron chi connectivity index (χ2n) is 4.26. The summed E-state index contributed by atoms with van der Waals surface area (Å²) in [4.78, 5) is 10.8. The Morgan fingerprint density at radius 2 is 2.07 bits per heavy atom. The van der Waals surface area contributed by atoms with E-state index in [4.69, 9.17) is 10.8 Å². The van der Waals surface area contributed by atoms with Crippen LogP contribution in [0, 0.1) is 11.8 Å². The summed E-state index contributed by atoms with van der Waals surface area (Å²) in [7, 11) is 0. The van der Waals surface area contributed by atoms with Crippen molar-refractivity contribution in [1.82, 2.24) is 0 Å². The number of halogens is 3. The van der Waals surface area contributed by atoms with Gasteiger partial charge in [0.05, 0.1) is 5.92 Å². The highest BCUT2D eigenvalue weighted by molar-refractivity contribution is 5.79. The molecule has 0 amide bonds. The second kappa shape index (κ2) is 3.66. The van der Waals surface area contributed by atoms with Gasteiger partial charge in [0, 0.05) is 0 Å². The number of carbonyl (C=O) groups is 1. The highest BCUT2D eigenvalue weighted by atomic mass is 19.4. The van der Waals surface area contributed by atoms with E-state index in [0.717, 1.165) is 0 Å². The van der Waals surface area contributed by atoms with Crippen molar-refractivity contribution in [3.63, 3.8) is 0 Å². The number of carboxylic acids is 1. The normalized spacial score (nSPS) is 37.7. The van der Waals surface area contributed by atoms with E-state index in [1.165, 1.54) is 6.92 Å². The molecule has 3 nitrogen and oxygen atoms in total. The van der Waals surface area contributed by atoms with Gasteiger partial charge in [-0.2, -0.15) is 13.2 Å². The fraction of sp³-hybridized carbons (Fsp3) is 0.889. The fourth-order valence-corrected chi connectivity index (χ4v) is 2.03. The average Bonchev–Trinajstić information content (AvgIpc) is 2.07. The number of aliphatic carboxylic acids is 1. The molecule has 0 saturated heterocycles. The molecule has 0 heterocycles. The van der Waals surface area contributed by atoms with Gasteiger partial charge in [0.25, 0.3) is 0 Å². The lowest BCUT2D eigenvalue weighted by Gasteiger charge is -2.39. The van der Waals surface area contributed by atoms with Gasteiger partial charge >= 0.3 is 12.1 Å². The van der Waals surface area contributed by atoms with E-state index in [9.17, 15) is 18.0 Å². The van der Waals surface area contributed by atoms with Crippen molar-refractivity contribution in [3.05, 3.63) is 0 Å². The summed E-state index contributed by atoms with van der Waals surface area (Å²) in [6.07, 6.45) is -4.76. The third-order valence-electron chi connectivity index (χ3n) is 3.29. The Morgan fingerprint density at radius 3 is 2.40 bits per heavy atom. The summed E-state index contributed by atoms with van der Waals surface area (Å²) in [5, 5.41) is 8.85. The minimum Gasteiger partial charge on any atom is -0.480 e. The van der Waals surface area contributed by atoms with E-state index in [2.05, 4.69) is 0 Å². The smallest absolute Gasteiger partial charge is 0.391 e. The molecule has 0 aromatic rings. The summed E-state index contributed by atoms with van der Waals surface area (Å²) < 4.78 is 37.1. The molecule has 88 valence electrons. The molecule has 0 aromatic heterocycles. The molecule has 0 aromatic carbocycles. The lowest BCUT2D eigenvalue weighted by molar-refractivity contribution is -0.192. The van der Waals surface area contributed by atoms with Crippen LogP contribution >= 0.6 is 0 Å². The molecule has 1 unspecified atom stereocenters. The minimum atomic E-state index is -4.24. The van der Waals surface area contributed by atoms with Gasteiger partial charge in [-0.15, -0.1) is 0 Å². The molecule has 0 radical (unpaired) electrons. The molecule has 1 rings (SSSR count). The SMILES string of the molecule is C[C@H]1CC(C(F)(F)F)CC[C@@]1(N)C(=O)O. The van der Waals surface area contributed by atoms with Crippen molar-refractivity contribution in [2.75, 3.05) is 0 Å². The first-order valence-electron chi connectivity index (χ1n) is 4.77. The number of nitrogens with two attached hydrogens (primary N) is 1. The molecule has 1 aliphatic rings. The Morgan fingerprint density at radius 1 is 1.53 bits per heavy atom. The molecule has 6 heteroatoms. The summed E-state index contributed by atoms with van der Waals surface area (Å²) in [6.45, 7) is 1.46.